The van der Waals surface area contributed by atoms with Crippen molar-refractivity contribution in [3.63, 3.8) is 0 Å². The molecule has 1 heterocycles. The Morgan fingerprint density at radius 2 is 2.00 bits per heavy atom. The van der Waals surface area contributed by atoms with Gasteiger partial charge in [-0.3, -0.25) is 0 Å². The number of thiazole rings is 1. The van der Waals surface area contributed by atoms with Crippen molar-refractivity contribution < 1.29 is 4.74 Å². The molecule has 1 aromatic heterocycles. The van der Waals surface area contributed by atoms with Crippen LogP contribution < -0.4 is 10.1 Å². The largest absolute Gasteiger partial charge is 0.493 e. The van der Waals surface area contributed by atoms with E-state index in [0.717, 1.165) is 36.7 Å². The van der Waals surface area contributed by atoms with E-state index in [2.05, 4.69) is 49.3 Å². The van der Waals surface area contributed by atoms with Gasteiger partial charge in [0.25, 0.3) is 0 Å². The third-order valence-corrected chi connectivity index (χ3v) is 4.36. The van der Waals surface area contributed by atoms with E-state index in [1.54, 1.807) is 11.3 Å². The van der Waals surface area contributed by atoms with Gasteiger partial charge in [-0.05, 0) is 37.9 Å². The fourth-order valence-electron chi connectivity index (χ4n) is 2.20. The third-order valence-electron chi connectivity index (χ3n) is 3.30. The Bertz CT molecular complexity index is 545. The lowest BCUT2D eigenvalue weighted by atomic mass is 10.1. The Hall–Kier alpha value is -1.39. The number of aromatic nitrogens is 1. The maximum absolute atomic E-state index is 5.93. The monoisotopic (exact) mass is 304 g/mol. The molecule has 0 saturated carbocycles. The second-order valence-corrected chi connectivity index (χ2v) is 6.42. The molecular weight excluding hydrogens is 280 g/mol. The molecule has 0 atom stereocenters. The number of rotatable bonds is 8. The molecule has 0 aliphatic carbocycles. The summed E-state index contributed by atoms with van der Waals surface area (Å²) in [7, 11) is 0. The first-order chi connectivity index (χ1) is 10.2. The fraction of sp³-hybridized carbons (Fsp3) is 0.471. The van der Waals surface area contributed by atoms with Crippen LogP contribution in [-0.4, -0.2) is 18.1 Å². The van der Waals surface area contributed by atoms with E-state index in [9.17, 15) is 0 Å². The molecule has 0 aliphatic heterocycles. The highest BCUT2D eigenvalue weighted by Crippen LogP contribution is 2.22. The van der Waals surface area contributed by atoms with Crippen LogP contribution in [0.2, 0.25) is 0 Å². The molecule has 2 rings (SSSR count). The molecule has 0 spiro atoms. The Labute approximate surface area is 131 Å². The van der Waals surface area contributed by atoms with Gasteiger partial charge in [-0.2, -0.15) is 0 Å². The van der Waals surface area contributed by atoms with Crippen LogP contribution in [0.1, 0.15) is 34.4 Å². The first-order valence-corrected chi connectivity index (χ1v) is 8.35. The Balaban J connectivity index is 1.81. The zero-order valence-corrected chi connectivity index (χ0v) is 13.9. The van der Waals surface area contributed by atoms with Gasteiger partial charge in [0.2, 0.25) is 0 Å². The molecule has 0 radical (unpaired) electrons. The number of para-hydroxylation sites is 1. The van der Waals surface area contributed by atoms with Crippen LogP contribution in [-0.2, 0) is 13.0 Å². The first-order valence-electron chi connectivity index (χ1n) is 7.54. The van der Waals surface area contributed by atoms with Gasteiger partial charge in [-0.15, -0.1) is 11.3 Å². The summed E-state index contributed by atoms with van der Waals surface area (Å²) >= 11 is 1.77. The molecule has 0 aliphatic rings. The summed E-state index contributed by atoms with van der Waals surface area (Å²) in [5, 5.41) is 4.55. The molecular formula is C17H24N2OS. The van der Waals surface area contributed by atoms with E-state index in [-0.39, 0.29) is 0 Å². The number of hydrogen-bond donors (Lipinski definition) is 1. The van der Waals surface area contributed by atoms with Gasteiger partial charge in [-0.1, -0.05) is 25.1 Å². The lowest BCUT2D eigenvalue weighted by molar-refractivity contribution is 0.317. The number of ether oxygens (including phenoxy) is 1. The summed E-state index contributed by atoms with van der Waals surface area (Å²) in [5.41, 5.74) is 2.39. The van der Waals surface area contributed by atoms with Gasteiger partial charge in [0, 0.05) is 24.0 Å². The van der Waals surface area contributed by atoms with E-state index in [1.807, 2.05) is 6.20 Å². The van der Waals surface area contributed by atoms with Crippen LogP contribution in [0.5, 0.6) is 5.75 Å². The molecule has 0 unspecified atom stereocenters. The average Bonchev–Trinajstić information content (AvgIpc) is 2.90. The van der Waals surface area contributed by atoms with Crippen LogP contribution >= 0.6 is 11.3 Å². The normalized spacial score (nSPS) is 10.8. The van der Waals surface area contributed by atoms with Crippen molar-refractivity contribution in [3.05, 3.63) is 45.4 Å². The Morgan fingerprint density at radius 1 is 1.24 bits per heavy atom. The summed E-state index contributed by atoms with van der Waals surface area (Å²) in [6.07, 6.45) is 4.00. The summed E-state index contributed by atoms with van der Waals surface area (Å²) in [5.74, 6) is 1.01. The lowest BCUT2D eigenvalue weighted by Crippen LogP contribution is -2.12. The summed E-state index contributed by atoms with van der Waals surface area (Å²) < 4.78 is 5.93. The van der Waals surface area contributed by atoms with Gasteiger partial charge in [0.05, 0.1) is 11.6 Å². The van der Waals surface area contributed by atoms with Crippen molar-refractivity contribution in [2.24, 2.45) is 0 Å². The SMILES string of the molecule is CCCNCc1cnc(CCOc2c(C)cccc2C)s1. The molecule has 1 aromatic carbocycles. The highest BCUT2D eigenvalue weighted by atomic mass is 32.1. The van der Waals surface area contributed by atoms with Crippen molar-refractivity contribution in [1.82, 2.24) is 10.3 Å². The summed E-state index contributed by atoms with van der Waals surface area (Å²) in [6.45, 7) is 9.01. The smallest absolute Gasteiger partial charge is 0.125 e. The Morgan fingerprint density at radius 3 is 2.71 bits per heavy atom. The van der Waals surface area contributed by atoms with Crippen molar-refractivity contribution >= 4 is 11.3 Å². The predicted octanol–water partition coefficient (Wildman–Crippen LogP) is 3.88. The molecule has 0 fully saturated rings. The molecule has 21 heavy (non-hydrogen) atoms. The fourth-order valence-corrected chi connectivity index (χ4v) is 3.07. The molecule has 0 bridgehead atoms. The van der Waals surface area contributed by atoms with Crippen LogP contribution in [0.3, 0.4) is 0 Å². The van der Waals surface area contributed by atoms with Gasteiger partial charge in [-0.25, -0.2) is 4.98 Å². The number of nitrogens with zero attached hydrogens (tertiary/aromatic N) is 1. The second-order valence-electron chi connectivity index (χ2n) is 5.22. The Kier molecular flexibility index (Phi) is 6.21. The van der Waals surface area contributed by atoms with Gasteiger partial charge >= 0.3 is 0 Å². The lowest BCUT2D eigenvalue weighted by Gasteiger charge is -2.10. The molecule has 0 amide bonds. The molecule has 2 aromatic rings. The number of nitrogens with one attached hydrogen (secondary N) is 1. The summed E-state index contributed by atoms with van der Waals surface area (Å²) in [4.78, 5) is 5.77. The van der Waals surface area contributed by atoms with Crippen molar-refractivity contribution in [3.8, 4) is 5.75 Å². The van der Waals surface area contributed by atoms with Crippen LogP contribution in [0, 0.1) is 13.8 Å². The van der Waals surface area contributed by atoms with E-state index < -0.39 is 0 Å². The van der Waals surface area contributed by atoms with Crippen molar-refractivity contribution in [1.29, 1.82) is 0 Å². The predicted molar refractivity (Wildman–Crippen MR) is 89.2 cm³/mol. The number of benzene rings is 1. The van der Waals surface area contributed by atoms with Gasteiger partial charge < -0.3 is 10.1 Å². The van der Waals surface area contributed by atoms with Crippen LogP contribution in [0.25, 0.3) is 0 Å². The quantitative estimate of drug-likeness (QED) is 0.752. The molecule has 1 N–H and O–H groups in total. The van der Waals surface area contributed by atoms with Crippen molar-refractivity contribution in [2.75, 3.05) is 13.2 Å². The molecule has 114 valence electrons. The number of aryl methyl sites for hydroxylation is 2. The minimum Gasteiger partial charge on any atom is -0.493 e. The minimum atomic E-state index is 0.682. The maximum atomic E-state index is 5.93. The van der Waals surface area contributed by atoms with E-state index in [0.29, 0.717) is 6.61 Å². The highest BCUT2D eigenvalue weighted by molar-refractivity contribution is 7.11. The maximum Gasteiger partial charge on any atom is 0.125 e. The van der Waals surface area contributed by atoms with Gasteiger partial charge in [0.1, 0.15) is 5.75 Å². The van der Waals surface area contributed by atoms with E-state index in [4.69, 9.17) is 4.74 Å². The molecule has 0 saturated heterocycles. The van der Waals surface area contributed by atoms with Crippen LogP contribution in [0.15, 0.2) is 24.4 Å². The standard InChI is InChI=1S/C17H24N2OS/c1-4-9-18-11-15-12-19-16(21-15)8-10-20-17-13(2)6-5-7-14(17)3/h5-7,12,18H,4,8-11H2,1-3H3. The number of hydrogen-bond acceptors (Lipinski definition) is 4. The zero-order valence-electron chi connectivity index (χ0n) is 13.1. The first kappa shape index (κ1) is 16.0. The van der Waals surface area contributed by atoms with Gasteiger partial charge in [0.15, 0.2) is 0 Å². The average molecular weight is 304 g/mol. The summed E-state index contributed by atoms with van der Waals surface area (Å²) in [6, 6.07) is 6.24. The highest BCUT2D eigenvalue weighted by Gasteiger charge is 2.05. The van der Waals surface area contributed by atoms with Crippen molar-refractivity contribution in [2.45, 2.75) is 40.2 Å². The van der Waals surface area contributed by atoms with E-state index in [1.165, 1.54) is 16.0 Å². The second kappa shape index (κ2) is 8.15. The zero-order chi connectivity index (χ0) is 15.1. The molecule has 3 nitrogen and oxygen atoms in total. The van der Waals surface area contributed by atoms with E-state index >= 15 is 0 Å². The van der Waals surface area contributed by atoms with Crippen LogP contribution in [0.4, 0.5) is 0 Å². The third kappa shape index (κ3) is 4.83. The molecule has 4 heteroatoms. The minimum absolute atomic E-state index is 0.682. The topological polar surface area (TPSA) is 34.2 Å².